The molecule has 6 heteroatoms. The van der Waals surface area contributed by atoms with Crippen LogP contribution in [-0.2, 0) is 4.74 Å². The predicted molar refractivity (Wildman–Crippen MR) is 219 cm³/mol. The highest BCUT2D eigenvalue weighted by atomic mass is 127. The maximum atomic E-state index is 10.0. The van der Waals surface area contributed by atoms with Crippen LogP contribution in [0.1, 0.15) is 105 Å². The topological polar surface area (TPSA) is 78.8 Å². The Bertz CT molecular complexity index is 840. The zero-order valence-corrected chi connectivity index (χ0v) is 33.6. The second kappa shape index (κ2) is 83.5. The van der Waals surface area contributed by atoms with Crippen molar-refractivity contribution in [3.8, 4) is 0 Å². The fraction of sp³-hybridized carbons (Fsp3) is 0.421. The van der Waals surface area contributed by atoms with Crippen LogP contribution in [0, 0.1) is 0 Å². The van der Waals surface area contributed by atoms with Crippen LogP contribution in [0.15, 0.2) is 96.0 Å². The number of halogens is 1. The van der Waals surface area contributed by atoms with Crippen molar-refractivity contribution in [1.29, 1.82) is 0 Å². The van der Waals surface area contributed by atoms with Crippen molar-refractivity contribution >= 4 is 49.4 Å². The Morgan fingerprint density at radius 1 is 0.591 bits per heavy atom. The maximum absolute atomic E-state index is 10.0. The summed E-state index contributed by atoms with van der Waals surface area (Å²) in [4.78, 5) is 13.9. The molecule has 0 radical (unpaired) electrons. The second-order valence-corrected chi connectivity index (χ2v) is 5.46. The van der Waals surface area contributed by atoms with Crippen LogP contribution in [0.25, 0.3) is 0 Å². The molecule has 3 aromatic rings. The molecule has 2 N–H and O–H groups in total. The number of nitrogens with zero attached hydrogens (tertiary/aromatic N) is 2. The van der Waals surface area contributed by atoms with Gasteiger partial charge in [-0.1, -0.05) is 162 Å². The number of carbonyl (C=O) groups is 1. The molecular formula is C38H71IN3O2+. The van der Waals surface area contributed by atoms with E-state index in [0.717, 1.165) is 23.0 Å². The van der Waals surface area contributed by atoms with Crippen LogP contribution in [-0.4, -0.2) is 53.7 Å². The lowest BCUT2D eigenvalue weighted by Crippen LogP contribution is -1.79. The third-order valence-electron chi connectivity index (χ3n) is 3.05. The number of ether oxygens (including phenoxy) is 1. The highest BCUT2D eigenvalue weighted by Gasteiger charge is 1.86. The molecule has 0 saturated heterocycles. The molecule has 0 atom stereocenters. The van der Waals surface area contributed by atoms with Gasteiger partial charge in [-0.05, 0) is 24.7 Å². The van der Waals surface area contributed by atoms with Gasteiger partial charge in [0.15, 0.2) is 0 Å². The van der Waals surface area contributed by atoms with Crippen LogP contribution in [0.3, 0.4) is 0 Å². The molecule has 0 unspecified atom stereocenters. The van der Waals surface area contributed by atoms with E-state index in [1.54, 1.807) is 39.6 Å². The fourth-order valence-electron chi connectivity index (χ4n) is 1.86. The first-order chi connectivity index (χ1) is 21.2. The van der Waals surface area contributed by atoms with E-state index >= 15 is 0 Å². The summed E-state index contributed by atoms with van der Waals surface area (Å²) in [5.41, 5.74) is 7.47. The summed E-state index contributed by atoms with van der Waals surface area (Å²) < 4.78 is 7.88. The van der Waals surface area contributed by atoms with Gasteiger partial charge >= 0.3 is 0 Å². The van der Waals surface area contributed by atoms with Gasteiger partial charge in [0.1, 0.15) is 6.29 Å². The normalized spacial score (nSPS) is 6.66. The standard InChI is InChI=1S/C8H9N.C8H8N.C7H6O.C2H6O.6C2H6.CH5N.HI/c2*1-9-7-8-5-3-2-4-6-8;8-6-7-4-2-1-3-5-7;1-3-2;7*1-2;/h2-7H,1H3;2-7H,1H2;1-6H;1-2H3;6*1-2H3;2H2,1H3;1H/q;+1;;;;;;;;;;. The SMILES string of the molecule is C=[N+]=Cc1ccccc1.CC.CC.CC.CC.CC.CC.CN.CN=Cc1ccccc1.COC.I.O=Cc1ccccc1. The highest BCUT2D eigenvalue weighted by molar-refractivity contribution is 14.0. The molecule has 0 bridgehead atoms. The zero-order chi connectivity index (χ0) is 35.6. The van der Waals surface area contributed by atoms with E-state index in [4.69, 9.17) is 0 Å². The molecule has 0 fully saturated rings. The molecule has 0 aliphatic heterocycles. The smallest absolute Gasteiger partial charge is 0.298 e. The lowest BCUT2D eigenvalue weighted by molar-refractivity contribution is 0.112. The van der Waals surface area contributed by atoms with Crippen molar-refractivity contribution < 1.29 is 9.53 Å². The number of methoxy groups -OCH3 is 1. The number of rotatable bonds is 3. The summed E-state index contributed by atoms with van der Waals surface area (Å²) in [6.45, 7) is 27.4. The van der Waals surface area contributed by atoms with Crippen LogP contribution in [0.4, 0.5) is 0 Å². The first-order valence-corrected chi connectivity index (χ1v) is 15.5. The first kappa shape index (κ1) is 64.1. The van der Waals surface area contributed by atoms with E-state index in [1.807, 2.05) is 168 Å². The van der Waals surface area contributed by atoms with E-state index in [-0.39, 0.29) is 24.0 Å². The monoisotopic (exact) mass is 728 g/mol. The molecule has 0 aliphatic carbocycles. The predicted octanol–water partition coefficient (Wildman–Crippen LogP) is 10.7. The van der Waals surface area contributed by atoms with Crippen LogP contribution in [0.5, 0.6) is 0 Å². The van der Waals surface area contributed by atoms with Gasteiger partial charge in [0.05, 0.1) is 5.56 Å². The van der Waals surface area contributed by atoms with Crippen molar-refractivity contribution in [2.45, 2.75) is 83.1 Å². The van der Waals surface area contributed by atoms with Crippen molar-refractivity contribution in [3.05, 3.63) is 108 Å². The Morgan fingerprint density at radius 3 is 1.05 bits per heavy atom. The van der Waals surface area contributed by atoms with Crippen LogP contribution >= 0.6 is 24.0 Å². The Kier molecular flexibility index (Phi) is 122. The van der Waals surface area contributed by atoms with Gasteiger partial charge in [-0.25, -0.2) is 0 Å². The lowest BCUT2D eigenvalue weighted by atomic mass is 10.2. The minimum absolute atomic E-state index is 0. The van der Waals surface area contributed by atoms with Gasteiger partial charge in [0.2, 0.25) is 0 Å². The summed E-state index contributed by atoms with van der Waals surface area (Å²) in [5.74, 6) is 0. The summed E-state index contributed by atoms with van der Waals surface area (Å²) in [6, 6.07) is 29.0. The lowest BCUT2D eigenvalue weighted by Gasteiger charge is -1.86. The average Bonchev–Trinajstić information content (AvgIpc) is 3.13. The number of aliphatic imine (C=N–C) groups is 1. The average molecular weight is 729 g/mol. The molecule has 0 spiro atoms. The summed E-state index contributed by atoms with van der Waals surface area (Å²) >= 11 is 0. The van der Waals surface area contributed by atoms with E-state index in [0.29, 0.717) is 0 Å². The molecule has 0 amide bonds. The van der Waals surface area contributed by atoms with Gasteiger partial charge in [0.25, 0.3) is 12.9 Å². The van der Waals surface area contributed by atoms with Crippen molar-refractivity contribution in [2.24, 2.45) is 10.7 Å². The van der Waals surface area contributed by atoms with Crippen molar-refractivity contribution in [3.63, 3.8) is 0 Å². The molecule has 0 heterocycles. The number of nitrogens with two attached hydrogens (primary N) is 1. The molecule has 0 saturated carbocycles. The second-order valence-electron chi connectivity index (χ2n) is 5.46. The van der Waals surface area contributed by atoms with E-state index in [1.165, 1.54) is 7.05 Å². The first-order valence-electron chi connectivity index (χ1n) is 15.5. The summed E-state index contributed by atoms with van der Waals surface area (Å²) in [6.07, 6.45) is 4.39. The third-order valence-corrected chi connectivity index (χ3v) is 3.05. The van der Waals surface area contributed by atoms with Gasteiger partial charge < -0.3 is 10.5 Å². The van der Waals surface area contributed by atoms with E-state index < -0.39 is 0 Å². The number of carbonyl (C=O) groups excluding carboxylic acids is 1. The zero-order valence-electron chi connectivity index (χ0n) is 31.3. The molecule has 5 nitrogen and oxygen atoms in total. The minimum Gasteiger partial charge on any atom is -0.388 e. The highest BCUT2D eigenvalue weighted by Crippen LogP contribution is 1.93. The van der Waals surface area contributed by atoms with Crippen LogP contribution in [0.2, 0.25) is 0 Å². The largest absolute Gasteiger partial charge is 0.388 e. The molecule has 256 valence electrons. The Hall–Kier alpha value is -2.90. The number of hydrogen-bond acceptors (Lipinski definition) is 4. The third kappa shape index (κ3) is 67.0. The molecule has 0 aliphatic rings. The Morgan fingerprint density at radius 2 is 0.841 bits per heavy atom. The van der Waals surface area contributed by atoms with Gasteiger partial charge in [-0.3, -0.25) is 9.79 Å². The molecule has 0 aromatic heterocycles. The van der Waals surface area contributed by atoms with Gasteiger partial charge in [0, 0.05) is 33.0 Å². The van der Waals surface area contributed by atoms with Gasteiger partial charge in [-0.2, -0.15) is 0 Å². The van der Waals surface area contributed by atoms with Gasteiger partial charge in [-0.15, -0.1) is 28.6 Å². The van der Waals surface area contributed by atoms with E-state index in [2.05, 4.69) is 26.8 Å². The molecule has 3 rings (SSSR count). The number of hydrogen-bond donors (Lipinski definition) is 1. The quantitative estimate of drug-likeness (QED) is 0.126. The molecule has 44 heavy (non-hydrogen) atoms. The maximum Gasteiger partial charge on any atom is 0.298 e. The Labute approximate surface area is 292 Å². The molecule has 3 aromatic carbocycles. The summed E-state index contributed by atoms with van der Waals surface area (Å²) in [7, 11) is 6.52. The number of aldehydes is 1. The van der Waals surface area contributed by atoms with Crippen molar-refractivity contribution in [2.75, 3.05) is 28.3 Å². The minimum atomic E-state index is 0. The summed E-state index contributed by atoms with van der Waals surface area (Å²) in [5, 5.41) is 0. The molecular weight excluding hydrogens is 657 g/mol. The van der Waals surface area contributed by atoms with Crippen LogP contribution < -0.4 is 10.4 Å². The fourth-order valence-corrected chi connectivity index (χ4v) is 1.86. The van der Waals surface area contributed by atoms with E-state index in [9.17, 15) is 4.79 Å². The Balaban J connectivity index is -0.0000000476. The number of benzene rings is 3. The van der Waals surface area contributed by atoms with Crippen molar-refractivity contribution in [1.82, 2.24) is 4.67 Å².